The lowest BCUT2D eigenvalue weighted by molar-refractivity contribution is -0.182. The predicted molar refractivity (Wildman–Crippen MR) is 109 cm³/mol. The summed E-state index contributed by atoms with van der Waals surface area (Å²) in [6.45, 7) is 2.95. The second kappa shape index (κ2) is 6.85. The summed E-state index contributed by atoms with van der Waals surface area (Å²) in [5.41, 5.74) is 13.5. The first-order valence-corrected chi connectivity index (χ1v) is 11.1. The van der Waals surface area contributed by atoms with Crippen LogP contribution < -0.4 is 0 Å². The van der Waals surface area contributed by atoms with E-state index >= 15 is 0 Å². The molecule has 2 aliphatic heterocycles. The molecule has 1 unspecified atom stereocenters. The molecule has 8 nitrogen and oxygen atoms in total. The monoisotopic (exact) mass is 424 g/mol. The lowest BCUT2D eigenvalue weighted by atomic mass is 9.77. The molecule has 1 fully saturated rings. The molecule has 9 heteroatoms. The van der Waals surface area contributed by atoms with Gasteiger partial charge < -0.3 is 9.47 Å². The molecule has 0 N–H and O–H groups in total. The van der Waals surface area contributed by atoms with E-state index < -0.39 is 21.9 Å². The molecule has 1 aliphatic carbocycles. The molecule has 1 spiro atoms. The van der Waals surface area contributed by atoms with Crippen LogP contribution in [0.15, 0.2) is 58.7 Å². The van der Waals surface area contributed by atoms with E-state index in [0.29, 0.717) is 19.6 Å². The highest BCUT2D eigenvalue weighted by atomic mass is 32.2. The average Bonchev–Trinajstić information content (AvgIpc) is 3.23. The Labute approximate surface area is 174 Å². The van der Waals surface area contributed by atoms with Crippen LogP contribution in [0.2, 0.25) is 0 Å². The van der Waals surface area contributed by atoms with Gasteiger partial charge in [0.1, 0.15) is 6.04 Å². The van der Waals surface area contributed by atoms with Crippen molar-refractivity contribution in [3.8, 4) is 0 Å². The Morgan fingerprint density at radius 1 is 1.17 bits per heavy atom. The van der Waals surface area contributed by atoms with Crippen LogP contribution in [0.1, 0.15) is 28.7 Å². The lowest BCUT2D eigenvalue weighted by Gasteiger charge is -2.42. The van der Waals surface area contributed by atoms with Crippen LogP contribution in [-0.2, 0) is 31.8 Å². The van der Waals surface area contributed by atoms with Crippen molar-refractivity contribution in [1.82, 2.24) is 4.31 Å². The molecule has 2 heterocycles. The van der Waals surface area contributed by atoms with Gasteiger partial charge in [0.2, 0.25) is 5.79 Å². The number of rotatable bonds is 3. The van der Waals surface area contributed by atoms with Crippen LogP contribution in [0.3, 0.4) is 0 Å². The summed E-state index contributed by atoms with van der Waals surface area (Å²) < 4.78 is 39.9. The van der Waals surface area contributed by atoms with Crippen LogP contribution >= 0.6 is 0 Å². The third-order valence-corrected chi connectivity index (χ3v) is 7.58. The van der Waals surface area contributed by atoms with Crippen molar-refractivity contribution in [3.05, 3.63) is 81.4 Å². The van der Waals surface area contributed by atoms with Gasteiger partial charge in [0.05, 0.1) is 24.7 Å². The zero-order valence-corrected chi connectivity index (χ0v) is 17.2. The largest absolute Gasteiger partial charge is 0.343 e. The molecule has 1 saturated heterocycles. The minimum Gasteiger partial charge on any atom is -0.343 e. The van der Waals surface area contributed by atoms with Crippen molar-refractivity contribution in [2.45, 2.75) is 36.6 Å². The highest BCUT2D eigenvalue weighted by molar-refractivity contribution is 7.89. The van der Waals surface area contributed by atoms with E-state index in [1.54, 1.807) is 30.5 Å². The maximum Gasteiger partial charge on any atom is 0.264 e. The number of aryl methyl sites for hydroxylation is 1. The van der Waals surface area contributed by atoms with Gasteiger partial charge in [-0.2, -0.15) is 0 Å². The number of azide groups is 1. The van der Waals surface area contributed by atoms with Crippen molar-refractivity contribution in [2.24, 2.45) is 5.11 Å². The number of benzene rings is 2. The maximum absolute atomic E-state index is 13.3. The van der Waals surface area contributed by atoms with Gasteiger partial charge in [-0.1, -0.05) is 41.0 Å². The molecule has 0 saturated carbocycles. The summed E-state index contributed by atoms with van der Waals surface area (Å²) >= 11 is 0. The molecular weight excluding hydrogens is 404 g/mol. The Balaban J connectivity index is 1.64. The van der Waals surface area contributed by atoms with Gasteiger partial charge in [-0.25, -0.2) is 8.42 Å². The van der Waals surface area contributed by atoms with Crippen molar-refractivity contribution >= 4 is 15.6 Å². The Hall–Kier alpha value is -2.84. The van der Waals surface area contributed by atoms with Gasteiger partial charge in [0.15, 0.2) is 0 Å². The van der Waals surface area contributed by atoms with Crippen LogP contribution in [0.4, 0.5) is 0 Å². The van der Waals surface area contributed by atoms with Gasteiger partial charge in [0, 0.05) is 16.7 Å². The molecule has 5 rings (SSSR count). The van der Waals surface area contributed by atoms with E-state index in [9.17, 15) is 8.42 Å². The third-order valence-electron chi connectivity index (χ3n) is 5.86. The van der Waals surface area contributed by atoms with Crippen LogP contribution in [0, 0.1) is 6.92 Å². The van der Waals surface area contributed by atoms with E-state index in [1.165, 1.54) is 4.31 Å². The number of sulfonamides is 1. The van der Waals surface area contributed by atoms with Crippen LogP contribution in [-0.4, -0.2) is 32.0 Å². The number of ether oxygens (including phenoxy) is 2. The van der Waals surface area contributed by atoms with Gasteiger partial charge >= 0.3 is 0 Å². The predicted octanol–water partition coefficient (Wildman–Crippen LogP) is 3.82. The van der Waals surface area contributed by atoms with Crippen molar-refractivity contribution < 1.29 is 17.9 Å². The molecule has 154 valence electrons. The van der Waals surface area contributed by atoms with Gasteiger partial charge in [-0.15, -0.1) is 0 Å². The molecule has 2 aromatic carbocycles. The molecule has 0 amide bonds. The fourth-order valence-electron chi connectivity index (χ4n) is 4.49. The van der Waals surface area contributed by atoms with Crippen molar-refractivity contribution in [2.75, 3.05) is 13.2 Å². The Bertz CT molecular complexity index is 1190. The molecule has 30 heavy (non-hydrogen) atoms. The molecular formula is C21H20N4O4S. The normalized spacial score (nSPS) is 21.7. The van der Waals surface area contributed by atoms with Crippen molar-refractivity contribution in [3.63, 3.8) is 0 Å². The standard InChI is InChI=1S/C21H20N4O4S/c1-14-5-7-17(8-6-14)30(26,27)25-12-15-3-2-4-18-20(15)16(13-25)11-19(23-24-22)21(18)28-9-10-29-21/h2-8,13,19H,9-12H2,1H3. The highest BCUT2D eigenvalue weighted by Crippen LogP contribution is 2.50. The van der Waals surface area contributed by atoms with E-state index in [0.717, 1.165) is 27.8 Å². The Kier molecular flexibility index (Phi) is 4.37. The summed E-state index contributed by atoms with van der Waals surface area (Å²) in [5.74, 6) is -1.12. The first-order chi connectivity index (χ1) is 14.5. The van der Waals surface area contributed by atoms with E-state index in [-0.39, 0.29) is 11.4 Å². The zero-order chi connectivity index (χ0) is 20.9. The summed E-state index contributed by atoms with van der Waals surface area (Å²) in [6.07, 6.45) is 1.98. The summed E-state index contributed by atoms with van der Waals surface area (Å²) in [6, 6.07) is 11.9. The zero-order valence-electron chi connectivity index (χ0n) is 16.4. The van der Waals surface area contributed by atoms with Crippen molar-refractivity contribution in [1.29, 1.82) is 0 Å². The molecule has 1 atom stereocenters. The van der Waals surface area contributed by atoms with Crippen LogP contribution in [0.5, 0.6) is 0 Å². The summed E-state index contributed by atoms with van der Waals surface area (Å²) in [7, 11) is -3.72. The Morgan fingerprint density at radius 2 is 1.90 bits per heavy atom. The highest BCUT2D eigenvalue weighted by Gasteiger charge is 2.51. The summed E-state index contributed by atoms with van der Waals surface area (Å²) in [5, 5.41) is 3.95. The quantitative estimate of drug-likeness (QED) is 0.424. The molecule has 0 aromatic heterocycles. The van der Waals surface area contributed by atoms with Gasteiger partial charge in [-0.3, -0.25) is 4.31 Å². The average molecular weight is 424 g/mol. The minimum absolute atomic E-state index is 0.213. The number of fused-ring (bicyclic) bond motifs is 1. The maximum atomic E-state index is 13.3. The number of nitrogens with zero attached hydrogens (tertiary/aromatic N) is 4. The minimum atomic E-state index is -3.72. The van der Waals surface area contributed by atoms with Gasteiger partial charge in [0.25, 0.3) is 10.0 Å². The van der Waals surface area contributed by atoms with E-state index in [4.69, 9.17) is 15.0 Å². The smallest absolute Gasteiger partial charge is 0.264 e. The van der Waals surface area contributed by atoms with E-state index in [1.807, 2.05) is 25.1 Å². The topological polar surface area (TPSA) is 105 Å². The molecule has 2 aromatic rings. The molecule has 0 radical (unpaired) electrons. The fourth-order valence-corrected chi connectivity index (χ4v) is 5.81. The SMILES string of the molecule is Cc1ccc(S(=O)(=O)N2C=C3CC(N=[N+]=[N-])C4(OCCO4)c4cccc(c43)C2)cc1. The van der Waals surface area contributed by atoms with Gasteiger partial charge in [-0.05, 0) is 47.7 Å². The third kappa shape index (κ3) is 2.74. The second-order valence-electron chi connectivity index (χ2n) is 7.65. The first kappa shape index (κ1) is 19.1. The number of hydrogen-bond donors (Lipinski definition) is 0. The first-order valence-electron chi connectivity index (χ1n) is 9.70. The molecule has 3 aliphatic rings. The summed E-state index contributed by atoms with van der Waals surface area (Å²) in [4.78, 5) is 3.23. The van der Waals surface area contributed by atoms with Crippen LogP contribution in [0.25, 0.3) is 16.0 Å². The second-order valence-corrected chi connectivity index (χ2v) is 9.54. The fraction of sp³-hybridized carbons (Fsp3) is 0.333. The van der Waals surface area contributed by atoms with E-state index in [2.05, 4.69) is 10.0 Å². The Morgan fingerprint density at radius 3 is 2.60 bits per heavy atom. The number of hydrogen-bond acceptors (Lipinski definition) is 5. The molecule has 0 bridgehead atoms. The lowest BCUT2D eigenvalue weighted by Crippen LogP contribution is -2.44.